The van der Waals surface area contributed by atoms with Crippen molar-refractivity contribution < 1.29 is 26.7 Å². The molecule has 0 spiro atoms. The van der Waals surface area contributed by atoms with Gasteiger partial charge in [0.1, 0.15) is 4.83 Å². The van der Waals surface area contributed by atoms with Crippen LogP contribution in [0, 0.1) is 0 Å². The molecule has 0 amide bonds. The third-order valence-electron chi connectivity index (χ3n) is 3.56. The lowest BCUT2D eigenvalue weighted by Crippen LogP contribution is -2.19. The van der Waals surface area contributed by atoms with E-state index in [1.807, 2.05) is 0 Å². The van der Waals surface area contributed by atoms with Gasteiger partial charge in [0.25, 0.3) is 10.0 Å². The van der Waals surface area contributed by atoms with E-state index in [2.05, 4.69) is 0 Å². The number of hydrogen-bond donors (Lipinski definition) is 1. The Morgan fingerprint density at radius 1 is 1.12 bits per heavy atom. The third kappa shape index (κ3) is 2.96. The van der Waals surface area contributed by atoms with Crippen molar-refractivity contribution >= 4 is 47.4 Å². The molecule has 0 radical (unpaired) electrons. The fourth-order valence-electron chi connectivity index (χ4n) is 2.63. The van der Waals surface area contributed by atoms with Crippen LogP contribution in [-0.2, 0) is 31.1 Å². The molecular weight excluding hydrogens is 386 g/mol. The summed E-state index contributed by atoms with van der Waals surface area (Å²) in [6.07, 6.45) is 0.279. The summed E-state index contributed by atoms with van der Waals surface area (Å²) in [5.41, 5.74) is -0.0224. The summed E-state index contributed by atoms with van der Waals surface area (Å²) in [5, 5.41) is 10.5. The predicted molar refractivity (Wildman–Crippen MR) is 93.3 cm³/mol. The van der Waals surface area contributed by atoms with Crippen LogP contribution in [0.4, 0.5) is 0 Å². The predicted octanol–water partition coefficient (Wildman–Crippen LogP) is 1.97. The molecule has 1 N–H and O–H groups in total. The van der Waals surface area contributed by atoms with Crippen LogP contribution in [0.15, 0.2) is 51.7 Å². The zero-order valence-electron chi connectivity index (χ0n) is 12.9. The first-order valence-electron chi connectivity index (χ1n) is 6.97. The number of rotatable bonds is 5. The minimum Gasteiger partial charge on any atom is -0.481 e. The lowest BCUT2D eigenvalue weighted by molar-refractivity contribution is -0.136. The molecule has 7 nitrogen and oxygen atoms in total. The van der Waals surface area contributed by atoms with E-state index in [0.29, 0.717) is 5.39 Å². The second-order valence-electron chi connectivity index (χ2n) is 5.35. The van der Waals surface area contributed by atoms with Crippen LogP contribution in [-0.4, -0.2) is 38.1 Å². The van der Waals surface area contributed by atoms with Crippen LogP contribution in [0.25, 0.3) is 10.2 Å². The van der Waals surface area contributed by atoms with E-state index in [4.69, 9.17) is 5.11 Å². The zero-order valence-corrected chi connectivity index (χ0v) is 15.4. The summed E-state index contributed by atoms with van der Waals surface area (Å²) in [6.45, 7) is 0. The van der Waals surface area contributed by atoms with Crippen LogP contribution >= 0.6 is 11.3 Å². The van der Waals surface area contributed by atoms with Crippen LogP contribution in [0.1, 0.15) is 5.56 Å². The summed E-state index contributed by atoms with van der Waals surface area (Å²) in [5.74, 6) is -1.24. The van der Waals surface area contributed by atoms with Crippen molar-refractivity contribution in [3.63, 3.8) is 0 Å². The minimum absolute atomic E-state index is 0.0224. The number of thiophene rings is 1. The SMILES string of the molecule is CS(=O)(=O)c1c(CC(=O)O)c2ccsc2n1S(=O)(=O)c1ccccc1. The van der Waals surface area contributed by atoms with E-state index in [1.54, 1.807) is 11.4 Å². The van der Waals surface area contributed by atoms with E-state index in [9.17, 15) is 21.6 Å². The molecule has 0 atom stereocenters. The number of carbonyl (C=O) groups is 1. The number of benzene rings is 1. The molecule has 1 aromatic carbocycles. The van der Waals surface area contributed by atoms with Crippen molar-refractivity contribution in [3.8, 4) is 0 Å². The van der Waals surface area contributed by atoms with E-state index in [-0.39, 0.29) is 15.3 Å². The molecule has 25 heavy (non-hydrogen) atoms. The Balaban J connectivity index is 2.47. The number of carboxylic acid groups (broad SMARTS) is 1. The molecule has 0 aliphatic carbocycles. The molecule has 3 rings (SSSR count). The van der Waals surface area contributed by atoms with Crippen molar-refractivity contribution in [2.45, 2.75) is 16.3 Å². The summed E-state index contributed by atoms with van der Waals surface area (Å²) in [7, 11) is -8.21. The van der Waals surface area contributed by atoms with E-state index >= 15 is 0 Å². The number of aromatic nitrogens is 1. The number of fused-ring (bicyclic) bond motifs is 1. The van der Waals surface area contributed by atoms with Gasteiger partial charge in [-0.15, -0.1) is 11.3 Å². The van der Waals surface area contributed by atoms with Crippen molar-refractivity contribution in [2.24, 2.45) is 0 Å². The third-order valence-corrected chi connectivity index (χ3v) is 7.53. The molecule has 2 aromatic heterocycles. The Morgan fingerprint density at radius 3 is 2.32 bits per heavy atom. The average molecular weight is 399 g/mol. The standard InChI is InChI=1S/C15H13NO6S3/c1-24(19,20)15-12(9-13(17)18)11-7-8-23-14(11)16(15)25(21,22)10-5-3-2-4-6-10/h2-8H,9H2,1H3,(H,17,18). The first kappa shape index (κ1) is 17.6. The molecule has 2 heterocycles. The Bertz CT molecular complexity index is 1170. The smallest absolute Gasteiger partial charge is 0.307 e. The molecule has 10 heteroatoms. The molecule has 0 unspecified atom stereocenters. The van der Waals surface area contributed by atoms with Crippen molar-refractivity contribution in [2.75, 3.05) is 6.26 Å². The van der Waals surface area contributed by atoms with Gasteiger partial charge in [0.2, 0.25) is 0 Å². The number of carboxylic acids is 1. The van der Waals surface area contributed by atoms with Crippen LogP contribution in [0.3, 0.4) is 0 Å². The first-order valence-corrected chi connectivity index (χ1v) is 11.2. The Morgan fingerprint density at radius 2 is 1.76 bits per heavy atom. The van der Waals surface area contributed by atoms with Gasteiger partial charge in [-0.3, -0.25) is 4.79 Å². The Hall–Kier alpha value is -2.17. The summed E-state index contributed by atoms with van der Waals surface area (Å²) >= 11 is 1.04. The Kier molecular flexibility index (Phi) is 4.21. The van der Waals surface area contributed by atoms with Gasteiger partial charge >= 0.3 is 5.97 Å². The number of aliphatic carboxylic acids is 1. The molecule has 0 aliphatic rings. The Labute approximate surface area is 148 Å². The molecular formula is C15H13NO6S3. The van der Waals surface area contributed by atoms with Gasteiger partial charge in [-0.1, -0.05) is 18.2 Å². The van der Waals surface area contributed by atoms with E-state index < -0.39 is 37.3 Å². The van der Waals surface area contributed by atoms with Crippen molar-refractivity contribution in [1.82, 2.24) is 3.97 Å². The van der Waals surface area contributed by atoms with Gasteiger partial charge in [-0.25, -0.2) is 20.8 Å². The van der Waals surface area contributed by atoms with Crippen LogP contribution < -0.4 is 0 Å². The lowest BCUT2D eigenvalue weighted by atomic mass is 10.2. The largest absolute Gasteiger partial charge is 0.481 e. The molecule has 3 aromatic rings. The molecule has 0 saturated carbocycles. The second-order valence-corrected chi connectivity index (χ2v) is 9.96. The molecule has 0 saturated heterocycles. The topological polar surface area (TPSA) is 111 Å². The number of sulfone groups is 1. The fourth-order valence-corrected chi connectivity index (χ4v) is 7.03. The van der Waals surface area contributed by atoms with Gasteiger partial charge in [-0.05, 0) is 23.6 Å². The average Bonchev–Trinajstić information content (AvgIpc) is 3.08. The molecule has 0 aliphatic heterocycles. The highest BCUT2D eigenvalue weighted by molar-refractivity contribution is 7.93. The first-order chi connectivity index (χ1) is 11.6. The highest BCUT2D eigenvalue weighted by Gasteiger charge is 2.33. The van der Waals surface area contributed by atoms with Crippen LogP contribution in [0.5, 0.6) is 0 Å². The maximum atomic E-state index is 13.1. The van der Waals surface area contributed by atoms with Gasteiger partial charge < -0.3 is 5.11 Å². The minimum atomic E-state index is -4.21. The number of hydrogen-bond acceptors (Lipinski definition) is 6. The monoisotopic (exact) mass is 399 g/mol. The maximum absolute atomic E-state index is 13.1. The van der Waals surface area contributed by atoms with Crippen molar-refractivity contribution in [1.29, 1.82) is 0 Å². The lowest BCUT2D eigenvalue weighted by Gasteiger charge is -2.11. The van der Waals surface area contributed by atoms with Crippen molar-refractivity contribution in [3.05, 3.63) is 47.3 Å². The molecule has 0 fully saturated rings. The fraction of sp³-hybridized carbons (Fsp3) is 0.133. The van der Waals surface area contributed by atoms with Crippen LogP contribution in [0.2, 0.25) is 0 Å². The summed E-state index contributed by atoms with van der Waals surface area (Å²) in [4.78, 5) is 11.3. The number of nitrogens with zero attached hydrogens (tertiary/aromatic N) is 1. The van der Waals surface area contributed by atoms with E-state index in [0.717, 1.165) is 21.6 Å². The van der Waals surface area contributed by atoms with Gasteiger partial charge in [-0.2, -0.15) is 0 Å². The normalized spacial score (nSPS) is 12.5. The second kappa shape index (κ2) is 5.97. The highest BCUT2D eigenvalue weighted by Crippen LogP contribution is 2.36. The summed E-state index contributed by atoms with van der Waals surface area (Å²) in [6, 6.07) is 8.95. The quantitative estimate of drug-likeness (QED) is 0.702. The van der Waals surface area contributed by atoms with Gasteiger partial charge in [0.05, 0.1) is 11.3 Å². The molecule has 0 bridgehead atoms. The molecule has 132 valence electrons. The van der Waals surface area contributed by atoms with Gasteiger partial charge in [0.15, 0.2) is 14.9 Å². The van der Waals surface area contributed by atoms with E-state index in [1.165, 1.54) is 30.3 Å². The summed E-state index contributed by atoms with van der Waals surface area (Å²) < 4.78 is 51.5. The maximum Gasteiger partial charge on any atom is 0.307 e. The highest BCUT2D eigenvalue weighted by atomic mass is 32.2. The van der Waals surface area contributed by atoms with Gasteiger partial charge in [0, 0.05) is 17.2 Å². The zero-order chi connectivity index (χ0) is 18.4.